The third-order valence-electron chi connectivity index (χ3n) is 3.78. The Morgan fingerprint density at radius 2 is 1.72 bits per heavy atom. The third-order valence-corrected chi connectivity index (χ3v) is 5.19. The molecule has 2 aromatic rings. The molecule has 2 rings (SSSR count). The minimum atomic E-state index is -3.76. The molecular formula is C20H20N2O6S. The van der Waals surface area contributed by atoms with Crippen molar-refractivity contribution in [1.29, 1.82) is 0 Å². The minimum Gasteiger partial charge on any atom is -0.497 e. The quantitative estimate of drug-likeness (QED) is 0.501. The summed E-state index contributed by atoms with van der Waals surface area (Å²) in [5.41, 5.74) is 0.623. The molecule has 0 saturated carbocycles. The van der Waals surface area contributed by atoms with E-state index in [-0.39, 0.29) is 17.0 Å². The monoisotopic (exact) mass is 416 g/mol. The predicted octanol–water partition coefficient (Wildman–Crippen LogP) is 1.79. The highest BCUT2D eigenvalue weighted by atomic mass is 32.2. The van der Waals surface area contributed by atoms with Gasteiger partial charge in [0, 0.05) is 5.69 Å². The van der Waals surface area contributed by atoms with Crippen molar-refractivity contribution in [2.75, 3.05) is 19.0 Å². The Bertz CT molecular complexity index is 1010. The Morgan fingerprint density at radius 1 is 1.10 bits per heavy atom. The summed E-state index contributed by atoms with van der Waals surface area (Å²) in [6, 6.07) is 11.7. The zero-order valence-electron chi connectivity index (χ0n) is 15.8. The van der Waals surface area contributed by atoms with Crippen LogP contribution < -0.4 is 14.8 Å². The summed E-state index contributed by atoms with van der Waals surface area (Å²) in [7, 11) is -2.23. The van der Waals surface area contributed by atoms with E-state index in [2.05, 4.69) is 16.0 Å². The van der Waals surface area contributed by atoms with Crippen LogP contribution in [0.5, 0.6) is 5.75 Å². The molecule has 2 aromatic carbocycles. The number of esters is 1. The molecule has 0 saturated heterocycles. The Balaban J connectivity index is 1.97. The van der Waals surface area contributed by atoms with Gasteiger partial charge in [0.2, 0.25) is 10.0 Å². The maximum atomic E-state index is 12.2. The molecule has 1 atom stereocenters. The van der Waals surface area contributed by atoms with E-state index >= 15 is 0 Å². The molecule has 0 aliphatic heterocycles. The lowest BCUT2D eigenvalue weighted by Gasteiger charge is -2.14. The molecule has 0 fully saturated rings. The highest BCUT2D eigenvalue weighted by Crippen LogP contribution is 2.16. The zero-order chi connectivity index (χ0) is 21.4. The Hall–Kier alpha value is -3.35. The molecule has 29 heavy (non-hydrogen) atoms. The van der Waals surface area contributed by atoms with Crippen LogP contribution in [-0.4, -0.2) is 40.1 Å². The van der Waals surface area contributed by atoms with Gasteiger partial charge in [-0.2, -0.15) is 4.72 Å². The van der Waals surface area contributed by atoms with Crippen LogP contribution in [-0.2, 0) is 19.6 Å². The molecule has 0 radical (unpaired) electrons. The van der Waals surface area contributed by atoms with Crippen LogP contribution in [0.15, 0.2) is 53.4 Å². The van der Waals surface area contributed by atoms with Crippen LogP contribution in [0.1, 0.15) is 17.3 Å². The van der Waals surface area contributed by atoms with Crippen molar-refractivity contribution in [2.45, 2.75) is 17.9 Å². The summed E-state index contributed by atoms with van der Waals surface area (Å²) in [5.74, 6) is 1.54. The average molecular weight is 416 g/mol. The number of rotatable bonds is 8. The number of hydrogen-bond acceptors (Lipinski definition) is 6. The van der Waals surface area contributed by atoms with Gasteiger partial charge in [-0.05, 0) is 55.5 Å². The zero-order valence-corrected chi connectivity index (χ0v) is 16.7. The smallest absolute Gasteiger partial charge is 0.338 e. The maximum Gasteiger partial charge on any atom is 0.338 e. The largest absolute Gasteiger partial charge is 0.497 e. The molecule has 1 unspecified atom stereocenters. The normalized spacial score (nSPS) is 11.8. The van der Waals surface area contributed by atoms with E-state index in [4.69, 9.17) is 15.9 Å². The molecule has 9 heteroatoms. The highest BCUT2D eigenvalue weighted by Gasteiger charge is 2.20. The van der Waals surface area contributed by atoms with E-state index in [0.29, 0.717) is 11.4 Å². The molecule has 0 aliphatic rings. The summed E-state index contributed by atoms with van der Waals surface area (Å²) in [6.45, 7) is 1.28. The molecule has 2 N–H and O–H groups in total. The number of hydrogen-bond donors (Lipinski definition) is 2. The van der Waals surface area contributed by atoms with Gasteiger partial charge in [0.15, 0.2) is 6.10 Å². The van der Waals surface area contributed by atoms with Gasteiger partial charge in [-0.1, -0.05) is 5.92 Å². The van der Waals surface area contributed by atoms with Gasteiger partial charge in [-0.25, -0.2) is 13.2 Å². The van der Waals surface area contributed by atoms with Crippen LogP contribution in [0.4, 0.5) is 5.69 Å². The van der Waals surface area contributed by atoms with E-state index in [1.807, 2.05) is 0 Å². The van der Waals surface area contributed by atoms with Crippen LogP contribution in [0.3, 0.4) is 0 Å². The van der Waals surface area contributed by atoms with Crippen molar-refractivity contribution in [3.05, 3.63) is 54.1 Å². The van der Waals surface area contributed by atoms with Gasteiger partial charge >= 0.3 is 5.97 Å². The predicted molar refractivity (Wildman–Crippen MR) is 107 cm³/mol. The van der Waals surface area contributed by atoms with Gasteiger partial charge in [0.05, 0.1) is 24.1 Å². The fourth-order valence-electron chi connectivity index (χ4n) is 2.19. The van der Waals surface area contributed by atoms with Crippen molar-refractivity contribution < 1.29 is 27.5 Å². The first-order valence-electron chi connectivity index (χ1n) is 8.46. The summed E-state index contributed by atoms with van der Waals surface area (Å²) < 4.78 is 36.3. The lowest BCUT2D eigenvalue weighted by Crippen LogP contribution is -2.30. The number of methoxy groups -OCH3 is 1. The average Bonchev–Trinajstić information content (AvgIpc) is 2.72. The first kappa shape index (κ1) is 21.9. The topological polar surface area (TPSA) is 111 Å². The molecule has 8 nitrogen and oxygen atoms in total. The molecule has 0 heterocycles. The fourth-order valence-corrected chi connectivity index (χ4v) is 3.12. The van der Waals surface area contributed by atoms with Crippen molar-refractivity contribution in [3.63, 3.8) is 0 Å². The molecule has 0 spiro atoms. The van der Waals surface area contributed by atoms with Crippen LogP contribution in [0.2, 0.25) is 0 Å². The number of benzene rings is 2. The first-order valence-corrected chi connectivity index (χ1v) is 9.94. The number of carbonyl (C=O) groups excluding carboxylic acids is 2. The van der Waals surface area contributed by atoms with E-state index in [1.165, 1.54) is 38.3 Å². The second kappa shape index (κ2) is 9.73. The fraction of sp³-hybridized carbons (Fsp3) is 0.200. The van der Waals surface area contributed by atoms with Crippen LogP contribution >= 0.6 is 0 Å². The summed E-state index contributed by atoms with van der Waals surface area (Å²) in [6.07, 6.45) is 3.97. The van der Waals surface area contributed by atoms with Gasteiger partial charge in [0.1, 0.15) is 5.75 Å². The van der Waals surface area contributed by atoms with Gasteiger partial charge in [0.25, 0.3) is 5.91 Å². The molecule has 152 valence electrons. The second-order valence-corrected chi connectivity index (χ2v) is 7.59. The summed E-state index contributed by atoms with van der Waals surface area (Å²) >= 11 is 0. The summed E-state index contributed by atoms with van der Waals surface area (Å²) in [5, 5.41) is 2.62. The van der Waals surface area contributed by atoms with Crippen LogP contribution in [0, 0.1) is 12.3 Å². The van der Waals surface area contributed by atoms with Gasteiger partial charge < -0.3 is 14.8 Å². The lowest BCUT2D eigenvalue weighted by molar-refractivity contribution is -0.123. The van der Waals surface area contributed by atoms with Crippen molar-refractivity contribution in [3.8, 4) is 18.1 Å². The van der Waals surface area contributed by atoms with Gasteiger partial charge in [-0.3, -0.25) is 4.79 Å². The minimum absolute atomic E-state index is 0.0467. The Kier molecular flexibility index (Phi) is 7.36. The number of sulfonamides is 1. The van der Waals surface area contributed by atoms with Crippen molar-refractivity contribution in [2.24, 2.45) is 0 Å². The van der Waals surface area contributed by atoms with E-state index in [0.717, 1.165) is 0 Å². The number of terminal acetylenes is 1. The Labute approximate surface area is 169 Å². The van der Waals surface area contributed by atoms with Crippen molar-refractivity contribution >= 4 is 27.6 Å². The molecule has 0 aliphatic carbocycles. The van der Waals surface area contributed by atoms with Gasteiger partial charge in [-0.15, -0.1) is 6.42 Å². The number of ether oxygens (including phenoxy) is 2. The molecule has 0 aromatic heterocycles. The number of carbonyl (C=O) groups is 2. The first-order chi connectivity index (χ1) is 13.8. The lowest BCUT2D eigenvalue weighted by atomic mass is 10.2. The number of anilines is 1. The van der Waals surface area contributed by atoms with E-state index in [9.17, 15) is 18.0 Å². The summed E-state index contributed by atoms with van der Waals surface area (Å²) in [4.78, 5) is 24.4. The third kappa shape index (κ3) is 6.07. The number of nitrogens with one attached hydrogen (secondary N) is 2. The number of amides is 1. The second-order valence-electron chi connectivity index (χ2n) is 5.82. The van der Waals surface area contributed by atoms with E-state index in [1.54, 1.807) is 24.3 Å². The molecule has 0 bridgehead atoms. The van der Waals surface area contributed by atoms with Crippen LogP contribution in [0.25, 0.3) is 0 Å². The standard InChI is InChI=1S/C20H20N2O6S/c1-4-13-21-29(25,26)18-11-5-15(6-12-18)20(24)28-14(2)19(23)22-16-7-9-17(27-3)10-8-16/h1,5-12,14,21H,13H2,2-3H3,(H,22,23). The van der Waals surface area contributed by atoms with Crippen molar-refractivity contribution in [1.82, 2.24) is 4.72 Å². The SMILES string of the molecule is C#CCNS(=O)(=O)c1ccc(C(=O)OC(C)C(=O)Nc2ccc(OC)cc2)cc1. The molecule has 1 amide bonds. The maximum absolute atomic E-state index is 12.2. The van der Waals surface area contributed by atoms with E-state index < -0.39 is 28.0 Å². The highest BCUT2D eigenvalue weighted by molar-refractivity contribution is 7.89. The Morgan fingerprint density at radius 3 is 2.28 bits per heavy atom. The molecular weight excluding hydrogens is 396 g/mol.